The third kappa shape index (κ3) is 2.89. The summed E-state index contributed by atoms with van der Waals surface area (Å²) in [5.41, 5.74) is 3.32. The van der Waals surface area contributed by atoms with Gasteiger partial charge in [-0.15, -0.1) is 0 Å². The summed E-state index contributed by atoms with van der Waals surface area (Å²) in [5, 5.41) is 10.1. The maximum Gasteiger partial charge on any atom is 0.0436 e. The maximum atomic E-state index is 10.1. The molecular weight excluding hydrogens is 364 g/mol. The summed E-state index contributed by atoms with van der Waals surface area (Å²) in [6, 6.07) is 0. The van der Waals surface area contributed by atoms with Gasteiger partial charge in [-0.05, 0) is 115 Å². The topological polar surface area (TPSA) is 20.2 Å². The van der Waals surface area contributed by atoms with Crippen LogP contribution in [0.1, 0.15) is 107 Å². The zero-order chi connectivity index (χ0) is 22.1. The molecule has 0 saturated heterocycles. The number of aliphatic hydroxyl groups is 1. The van der Waals surface area contributed by atoms with E-state index in [0.717, 1.165) is 41.9 Å². The van der Waals surface area contributed by atoms with Crippen LogP contribution in [0.2, 0.25) is 0 Å². The van der Waals surface area contributed by atoms with E-state index in [1.54, 1.807) is 5.57 Å². The molecular formula is C29H50O. The van der Waals surface area contributed by atoms with Gasteiger partial charge in [0.25, 0.3) is 0 Å². The molecule has 0 aromatic carbocycles. The third-order valence-electron chi connectivity index (χ3n) is 12.3. The van der Waals surface area contributed by atoms with E-state index in [1.807, 2.05) is 0 Å². The molecule has 0 aromatic heterocycles. The van der Waals surface area contributed by atoms with Gasteiger partial charge in [0.1, 0.15) is 0 Å². The van der Waals surface area contributed by atoms with Gasteiger partial charge in [0, 0.05) is 6.61 Å². The molecule has 0 bridgehead atoms. The lowest BCUT2D eigenvalue weighted by atomic mass is 9.33. The van der Waals surface area contributed by atoms with Crippen LogP contribution in [0.25, 0.3) is 0 Å². The second kappa shape index (κ2) is 7.36. The molecule has 1 heteroatoms. The molecule has 3 saturated carbocycles. The standard InChI is InChI=1S/C29H50O/c1-19(2)22-12-14-29(8)24(27(22,6)17-18-30)10-9-23-25-21(4)20(3)11-13-26(25,5)15-16-28(23,29)7/h11,19,21-25,30H,9-10,12-18H2,1-8H3/t21-,22+,23-,24-,25-,26-,27+,28-,29-/m1/s1. The van der Waals surface area contributed by atoms with Gasteiger partial charge in [-0.2, -0.15) is 0 Å². The van der Waals surface area contributed by atoms with Gasteiger partial charge in [0.2, 0.25) is 0 Å². The summed E-state index contributed by atoms with van der Waals surface area (Å²) in [5.74, 6) is 4.70. The molecule has 0 aliphatic heterocycles. The zero-order valence-electron chi connectivity index (χ0n) is 21.4. The van der Waals surface area contributed by atoms with Gasteiger partial charge in [0.15, 0.2) is 0 Å². The Morgan fingerprint density at radius 3 is 2.33 bits per heavy atom. The molecule has 30 heavy (non-hydrogen) atoms. The second-order valence-electron chi connectivity index (χ2n) is 13.6. The van der Waals surface area contributed by atoms with Crippen molar-refractivity contribution >= 4 is 0 Å². The minimum atomic E-state index is 0.290. The van der Waals surface area contributed by atoms with Crippen LogP contribution in [0.5, 0.6) is 0 Å². The summed E-state index contributed by atoms with van der Waals surface area (Å²) in [7, 11) is 0. The fourth-order valence-electron chi connectivity index (χ4n) is 10.4. The molecule has 9 atom stereocenters. The number of allylic oxidation sites excluding steroid dienone is 2. The van der Waals surface area contributed by atoms with Gasteiger partial charge in [-0.1, -0.05) is 60.1 Å². The van der Waals surface area contributed by atoms with E-state index < -0.39 is 0 Å². The van der Waals surface area contributed by atoms with Crippen LogP contribution < -0.4 is 0 Å². The van der Waals surface area contributed by atoms with Gasteiger partial charge >= 0.3 is 0 Å². The Labute approximate surface area is 187 Å². The van der Waals surface area contributed by atoms with Gasteiger partial charge in [-0.3, -0.25) is 0 Å². The fraction of sp³-hybridized carbons (Fsp3) is 0.931. The quantitative estimate of drug-likeness (QED) is 0.466. The minimum Gasteiger partial charge on any atom is -0.396 e. The molecule has 4 rings (SSSR count). The van der Waals surface area contributed by atoms with Gasteiger partial charge in [-0.25, -0.2) is 0 Å². The fourth-order valence-corrected chi connectivity index (χ4v) is 10.4. The lowest BCUT2D eigenvalue weighted by molar-refractivity contribution is -0.228. The molecule has 0 aromatic rings. The smallest absolute Gasteiger partial charge is 0.0436 e. The second-order valence-corrected chi connectivity index (χ2v) is 13.6. The Bertz CT molecular complexity index is 692. The summed E-state index contributed by atoms with van der Waals surface area (Å²) >= 11 is 0. The molecule has 3 fully saturated rings. The SMILES string of the molecule is CC1=CC[C@]2(C)CC[C@]3(C)[C@H](CC[C@@H]4[C@@](C)(CCO)[C@H](C(C)C)CC[C@]43C)[C@H]2[C@@H]1C. The van der Waals surface area contributed by atoms with Crippen molar-refractivity contribution < 1.29 is 5.11 Å². The largest absolute Gasteiger partial charge is 0.396 e. The lowest BCUT2D eigenvalue weighted by Crippen LogP contribution is -2.65. The summed E-state index contributed by atoms with van der Waals surface area (Å²) in [6.07, 6.45) is 13.3. The molecule has 4 aliphatic carbocycles. The van der Waals surface area contributed by atoms with Crippen LogP contribution in [-0.4, -0.2) is 11.7 Å². The zero-order valence-corrected chi connectivity index (χ0v) is 21.4. The lowest BCUT2D eigenvalue weighted by Gasteiger charge is -2.72. The Kier molecular flexibility index (Phi) is 5.61. The first-order valence-corrected chi connectivity index (χ1v) is 13.2. The van der Waals surface area contributed by atoms with E-state index >= 15 is 0 Å². The predicted molar refractivity (Wildman–Crippen MR) is 128 cm³/mol. The first-order valence-electron chi connectivity index (χ1n) is 13.2. The average Bonchev–Trinajstić information content (AvgIpc) is 2.66. The van der Waals surface area contributed by atoms with E-state index in [-0.39, 0.29) is 0 Å². The number of rotatable bonds is 3. The monoisotopic (exact) mass is 414 g/mol. The molecule has 1 N–H and O–H groups in total. The van der Waals surface area contributed by atoms with E-state index in [0.29, 0.717) is 28.3 Å². The van der Waals surface area contributed by atoms with E-state index in [2.05, 4.69) is 61.5 Å². The molecule has 4 aliphatic rings. The van der Waals surface area contributed by atoms with Crippen LogP contribution in [0.15, 0.2) is 11.6 Å². The molecule has 0 heterocycles. The minimum absolute atomic E-state index is 0.290. The molecule has 0 spiro atoms. The van der Waals surface area contributed by atoms with Crippen LogP contribution >= 0.6 is 0 Å². The molecule has 0 unspecified atom stereocenters. The number of hydrogen-bond acceptors (Lipinski definition) is 1. The predicted octanol–water partition coefficient (Wildman–Crippen LogP) is 7.88. The normalized spacial score (nSPS) is 53.5. The summed E-state index contributed by atoms with van der Waals surface area (Å²) < 4.78 is 0. The van der Waals surface area contributed by atoms with E-state index in [9.17, 15) is 5.11 Å². The van der Waals surface area contributed by atoms with Crippen LogP contribution in [0, 0.1) is 57.2 Å². The molecule has 172 valence electrons. The highest BCUT2D eigenvalue weighted by Gasteiger charge is 2.67. The number of hydrogen-bond donors (Lipinski definition) is 1. The highest BCUT2D eigenvalue weighted by atomic mass is 16.3. The molecule has 1 nitrogen and oxygen atoms in total. The Morgan fingerprint density at radius 2 is 1.70 bits per heavy atom. The van der Waals surface area contributed by atoms with E-state index in [1.165, 1.54) is 44.9 Å². The molecule has 0 radical (unpaired) electrons. The molecule has 0 amide bonds. The van der Waals surface area contributed by atoms with Crippen LogP contribution in [0.4, 0.5) is 0 Å². The summed E-state index contributed by atoms with van der Waals surface area (Å²) in [4.78, 5) is 0. The van der Waals surface area contributed by atoms with Crippen molar-refractivity contribution in [1.82, 2.24) is 0 Å². The van der Waals surface area contributed by atoms with Crippen molar-refractivity contribution in [3.05, 3.63) is 11.6 Å². The highest BCUT2D eigenvalue weighted by molar-refractivity contribution is 5.21. The maximum absolute atomic E-state index is 10.1. The van der Waals surface area contributed by atoms with Crippen molar-refractivity contribution in [1.29, 1.82) is 0 Å². The van der Waals surface area contributed by atoms with Crippen LogP contribution in [0.3, 0.4) is 0 Å². The Hall–Kier alpha value is -0.300. The van der Waals surface area contributed by atoms with E-state index in [4.69, 9.17) is 0 Å². The first-order chi connectivity index (χ1) is 13.9. The van der Waals surface area contributed by atoms with Crippen molar-refractivity contribution in [2.45, 2.75) is 107 Å². The number of aliphatic hydroxyl groups excluding tert-OH is 1. The highest BCUT2D eigenvalue weighted by Crippen LogP contribution is 2.75. The first kappa shape index (κ1) is 22.9. The average molecular weight is 415 g/mol. The number of fused-ring (bicyclic) bond motifs is 5. The Morgan fingerprint density at radius 1 is 1.00 bits per heavy atom. The van der Waals surface area contributed by atoms with Crippen molar-refractivity contribution in [2.24, 2.45) is 57.2 Å². The van der Waals surface area contributed by atoms with Gasteiger partial charge < -0.3 is 5.11 Å². The third-order valence-corrected chi connectivity index (χ3v) is 12.3. The van der Waals surface area contributed by atoms with Crippen molar-refractivity contribution in [2.75, 3.05) is 6.61 Å². The van der Waals surface area contributed by atoms with Crippen molar-refractivity contribution in [3.63, 3.8) is 0 Å². The Balaban J connectivity index is 1.76. The van der Waals surface area contributed by atoms with Crippen LogP contribution in [-0.2, 0) is 0 Å². The van der Waals surface area contributed by atoms with Crippen molar-refractivity contribution in [3.8, 4) is 0 Å². The summed E-state index contributed by atoms with van der Waals surface area (Å²) in [6.45, 7) is 20.8. The van der Waals surface area contributed by atoms with Gasteiger partial charge in [0.05, 0.1) is 0 Å².